The van der Waals surface area contributed by atoms with E-state index in [1.807, 2.05) is 36.4 Å². The third-order valence-electron chi connectivity index (χ3n) is 4.02. The number of rotatable bonds is 7. The van der Waals surface area contributed by atoms with E-state index in [9.17, 15) is 4.79 Å². The number of aromatic nitrogens is 2. The summed E-state index contributed by atoms with van der Waals surface area (Å²) < 4.78 is 17.2. The summed E-state index contributed by atoms with van der Waals surface area (Å²) in [7, 11) is 3.21. The molecular weight excluding hydrogens is 426 g/mol. The minimum absolute atomic E-state index is 0.180. The first kappa shape index (κ1) is 19.9. The largest absolute Gasteiger partial charge is 0.493 e. The average Bonchev–Trinajstić information content (AvgIpc) is 3.16. The molecule has 0 aliphatic rings. The molecule has 8 heteroatoms. The lowest BCUT2D eigenvalue weighted by atomic mass is 10.2. The number of carbonyl (C=O) groups excluding carboxylic acids is 1. The fraction of sp³-hybridized carbons (Fsp3) is 0.250. The monoisotopic (exact) mass is 445 g/mol. The number of amides is 1. The number of para-hydroxylation sites is 2. The maximum absolute atomic E-state index is 12.6. The zero-order chi connectivity index (χ0) is 20.1. The van der Waals surface area contributed by atoms with Gasteiger partial charge in [-0.25, -0.2) is 0 Å². The first-order valence-corrected chi connectivity index (χ1v) is 9.40. The van der Waals surface area contributed by atoms with Gasteiger partial charge >= 0.3 is 0 Å². The quantitative estimate of drug-likeness (QED) is 0.548. The normalized spacial score (nSPS) is 11.7. The van der Waals surface area contributed by atoms with Crippen LogP contribution >= 0.6 is 15.9 Å². The molecule has 1 aromatic heterocycles. The predicted molar refractivity (Wildman–Crippen MR) is 107 cm³/mol. The average molecular weight is 446 g/mol. The van der Waals surface area contributed by atoms with Gasteiger partial charge in [-0.2, -0.15) is 4.98 Å². The molecule has 1 amide bonds. The summed E-state index contributed by atoms with van der Waals surface area (Å²) in [5.74, 6) is 1.67. The van der Waals surface area contributed by atoms with Gasteiger partial charge in [-0.3, -0.25) is 4.79 Å². The first-order chi connectivity index (χ1) is 13.5. The highest BCUT2D eigenvalue weighted by molar-refractivity contribution is 9.10. The third kappa shape index (κ3) is 4.69. The summed E-state index contributed by atoms with van der Waals surface area (Å²) in [6, 6.07) is 14.8. The molecular formula is C20H20BrN3O4. The van der Waals surface area contributed by atoms with Crippen molar-refractivity contribution >= 4 is 21.8 Å². The predicted octanol–water partition coefficient (Wildman–Crippen LogP) is 3.93. The van der Waals surface area contributed by atoms with E-state index in [2.05, 4.69) is 26.1 Å². The molecule has 0 aliphatic carbocycles. The highest BCUT2D eigenvalue weighted by Crippen LogP contribution is 2.27. The number of nitrogens with zero attached hydrogens (tertiary/aromatic N) is 3. The molecule has 0 spiro atoms. The zero-order valence-corrected chi connectivity index (χ0v) is 17.3. The van der Waals surface area contributed by atoms with Crippen LogP contribution < -0.4 is 9.47 Å². The Bertz CT molecular complexity index is 960. The van der Waals surface area contributed by atoms with Crippen molar-refractivity contribution in [1.82, 2.24) is 15.0 Å². The first-order valence-electron chi connectivity index (χ1n) is 8.61. The number of halogens is 1. The Morgan fingerprint density at radius 3 is 2.68 bits per heavy atom. The van der Waals surface area contributed by atoms with Gasteiger partial charge in [0, 0.05) is 17.1 Å². The Morgan fingerprint density at radius 2 is 1.96 bits per heavy atom. The Morgan fingerprint density at radius 1 is 1.21 bits per heavy atom. The summed E-state index contributed by atoms with van der Waals surface area (Å²) in [6.07, 6.45) is -0.700. The molecule has 0 unspecified atom stereocenters. The molecule has 0 saturated carbocycles. The van der Waals surface area contributed by atoms with E-state index in [0.29, 0.717) is 23.2 Å². The van der Waals surface area contributed by atoms with Gasteiger partial charge in [-0.15, -0.1) is 0 Å². The molecule has 0 fully saturated rings. The highest BCUT2D eigenvalue weighted by atomic mass is 79.9. The molecule has 0 aliphatic heterocycles. The number of methoxy groups -OCH3 is 1. The van der Waals surface area contributed by atoms with Crippen molar-refractivity contribution in [1.29, 1.82) is 0 Å². The Kier molecular flexibility index (Phi) is 6.30. The summed E-state index contributed by atoms with van der Waals surface area (Å²) in [5.41, 5.74) is 0.825. The lowest BCUT2D eigenvalue weighted by Gasteiger charge is -2.21. The maximum Gasteiger partial charge on any atom is 0.263 e. The minimum atomic E-state index is -0.700. The smallest absolute Gasteiger partial charge is 0.263 e. The zero-order valence-electron chi connectivity index (χ0n) is 15.8. The molecule has 3 aromatic rings. The second-order valence-electron chi connectivity index (χ2n) is 6.13. The van der Waals surface area contributed by atoms with Crippen LogP contribution in [-0.2, 0) is 11.3 Å². The molecule has 28 heavy (non-hydrogen) atoms. The van der Waals surface area contributed by atoms with Gasteiger partial charge in [0.1, 0.15) is 0 Å². The number of ether oxygens (including phenoxy) is 2. The summed E-state index contributed by atoms with van der Waals surface area (Å²) in [6.45, 7) is 1.87. The van der Waals surface area contributed by atoms with Crippen molar-refractivity contribution in [2.45, 2.75) is 19.6 Å². The maximum atomic E-state index is 12.6. The number of carbonyl (C=O) groups is 1. The molecule has 0 N–H and O–H groups in total. The standard InChI is InChI=1S/C20H20BrN3O4/c1-13(27-17-10-5-4-9-16(17)26-3)20(25)24(2)12-18-22-19(23-28-18)14-7-6-8-15(21)11-14/h4-11,13H,12H2,1-3H3/t13-/m1/s1. The summed E-state index contributed by atoms with van der Waals surface area (Å²) >= 11 is 3.42. The molecule has 3 rings (SSSR count). The van der Waals surface area contributed by atoms with Crippen LogP contribution in [-0.4, -0.2) is 41.2 Å². The van der Waals surface area contributed by atoms with Gasteiger partial charge < -0.3 is 18.9 Å². The molecule has 0 radical (unpaired) electrons. The summed E-state index contributed by atoms with van der Waals surface area (Å²) in [4.78, 5) is 18.5. The van der Waals surface area contributed by atoms with Crippen molar-refractivity contribution in [3.05, 3.63) is 58.9 Å². The van der Waals surface area contributed by atoms with E-state index < -0.39 is 6.10 Å². The highest BCUT2D eigenvalue weighted by Gasteiger charge is 2.22. The number of benzene rings is 2. The Labute approximate surface area is 171 Å². The van der Waals surface area contributed by atoms with Crippen LogP contribution in [0.3, 0.4) is 0 Å². The minimum Gasteiger partial charge on any atom is -0.493 e. The van der Waals surface area contributed by atoms with Crippen molar-refractivity contribution < 1.29 is 18.8 Å². The van der Waals surface area contributed by atoms with Crippen LogP contribution in [0.5, 0.6) is 11.5 Å². The molecule has 0 saturated heterocycles. The number of hydrogen-bond donors (Lipinski definition) is 0. The molecule has 7 nitrogen and oxygen atoms in total. The van der Waals surface area contributed by atoms with Crippen LogP contribution in [0.15, 0.2) is 57.5 Å². The van der Waals surface area contributed by atoms with E-state index in [-0.39, 0.29) is 12.5 Å². The SMILES string of the molecule is COc1ccccc1O[C@H](C)C(=O)N(C)Cc1nc(-c2cccc(Br)c2)no1. The van der Waals surface area contributed by atoms with Crippen molar-refractivity contribution in [3.8, 4) is 22.9 Å². The van der Waals surface area contributed by atoms with E-state index >= 15 is 0 Å². The molecule has 2 aromatic carbocycles. The Hall–Kier alpha value is -2.87. The lowest BCUT2D eigenvalue weighted by Crippen LogP contribution is -2.37. The fourth-order valence-corrected chi connectivity index (χ4v) is 3.01. The van der Waals surface area contributed by atoms with Gasteiger partial charge in [0.05, 0.1) is 13.7 Å². The van der Waals surface area contributed by atoms with Crippen LogP contribution in [0.2, 0.25) is 0 Å². The molecule has 1 atom stereocenters. The van der Waals surface area contributed by atoms with E-state index in [1.165, 1.54) is 4.90 Å². The van der Waals surface area contributed by atoms with Crippen LogP contribution in [0.4, 0.5) is 0 Å². The topological polar surface area (TPSA) is 77.7 Å². The van der Waals surface area contributed by atoms with Gasteiger partial charge in [0.2, 0.25) is 11.7 Å². The lowest BCUT2D eigenvalue weighted by molar-refractivity contribution is -0.137. The van der Waals surface area contributed by atoms with Crippen molar-refractivity contribution in [2.24, 2.45) is 0 Å². The van der Waals surface area contributed by atoms with Crippen LogP contribution in [0, 0.1) is 0 Å². The van der Waals surface area contributed by atoms with Crippen LogP contribution in [0.25, 0.3) is 11.4 Å². The second kappa shape index (κ2) is 8.88. The second-order valence-corrected chi connectivity index (χ2v) is 7.04. The van der Waals surface area contributed by atoms with Crippen molar-refractivity contribution in [3.63, 3.8) is 0 Å². The molecule has 1 heterocycles. The number of hydrogen-bond acceptors (Lipinski definition) is 6. The van der Waals surface area contributed by atoms with E-state index in [1.54, 1.807) is 33.2 Å². The van der Waals surface area contributed by atoms with Gasteiger partial charge in [-0.05, 0) is 31.2 Å². The molecule has 146 valence electrons. The molecule has 0 bridgehead atoms. The van der Waals surface area contributed by atoms with Crippen LogP contribution in [0.1, 0.15) is 12.8 Å². The third-order valence-corrected chi connectivity index (χ3v) is 4.51. The summed E-state index contributed by atoms with van der Waals surface area (Å²) in [5, 5.41) is 3.98. The van der Waals surface area contributed by atoms with E-state index in [0.717, 1.165) is 10.0 Å². The fourth-order valence-electron chi connectivity index (χ4n) is 2.61. The van der Waals surface area contributed by atoms with E-state index in [4.69, 9.17) is 14.0 Å². The van der Waals surface area contributed by atoms with Gasteiger partial charge in [0.25, 0.3) is 5.91 Å². The number of likely N-dealkylation sites (N-methyl/N-ethyl adjacent to an activating group) is 1. The van der Waals surface area contributed by atoms with Crippen molar-refractivity contribution in [2.75, 3.05) is 14.2 Å². The van der Waals surface area contributed by atoms with Gasteiger partial charge in [0.15, 0.2) is 17.6 Å². The Balaban J connectivity index is 1.64. The van der Waals surface area contributed by atoms with Gasteiger partial charge in [-0.1, -0.05) is 45.4 Å².